The van der Waals surface area contributed by atoms with Gasteiger partial charge in [0.2, 0.25) is 0 Å². The number of nitrogens with one attached hydrogen (secondary N) is 1. The zero-order chi connectivity index (χ0) is 15.2. The average Bonchev–Trinajstić information content (AvgIpc) is 2.45. The lowest BCUT2D eigenvalue weighted by molar-refractivity contribution is -0.127. The topological polar surface area (TPSA) is 38.3 Å². The minimum absolute atomic E-state index is 0.113. The normalized spacial score (nSPS) is 11.8. The van der Waals surface area contributed by atoms with E-state index in [4.69, 9.17) is 4.74 Å². The minimum atomic E-state index is -0.517. The Morgan fingerprint density at radius 1 is 1.10 bits per heavy atom. The highest BCUT2D eigenvalue weighted by molar-refractivity contribution is 5.80. The Hall–Kier alpha value is -2.29. The Bertz CT molecular complexity index is 622. The van der Waals surface area contributed by atoms with Crippen molar-refractivity contribution in [2.75, 3.05) is 0 Å². The highest BCUT2D eigenvalue weighted by Gasteiger charge is 2.14. The van der Waals surface area contributed by atoms with Crippen LogP contribution in [0.3, 0.4) is 0 Å². The molecule has 0 saturated carbocycles. The summed E-state index contributed by atoms with van der Waals surface area (Å²) in [5, 5.41) is 2.90. The maximum atomic E-state index is 12.1. The van der Waals surface area contributed by atoms with Crippen molar-refractivity contribution in [3.05, 3.63) is 65.2 Å². The van der Waals surface area contributed by atoms with Crippen LogP contribution in [0, 0.1) is 13.8 Å². The maximum Gasteiger partial charge on any atom is 0.261 e. The molecular weight excluding hydrogens is 262 g/mol. The fourth-order valence-corrected chi connectivity index (χ4v) is 2.10. The molecule has 2 aromatic rings. The first-order valence-corrected chi connectivity index (χ1v) is 7.11. The van der Waals surface area contributed by atoms with Gasteiger partial charge in [-0.3, -0.25) is 4.79 Å². The van der Waals surface area contributed by atoms with Gasteiger partial charge in [-0.05, 0) is 44.0 Å². The highest BCUT2D eigenvalue weighted by Crippen LogP contribution is 2.14. The molecule has 0 aliphatic heterocycles. The third kappa shape index (κ3) is 4.63. The van der Waals surface area contributed by atoms with Gasteiger partial charge >= 0.3 is 0 Å². The van der Waals surface area contributed by atoms with E-state index in [1.54, 1.807) is 6.92 Å². The van der Waals surface area contributed by atoms with Gasteiger partial charge in [0, 0.05) is 6.54 Å². The molecule has 0 fully saturated rings. The van der Waals surface area contributed by atoms with E-state index in [9.17, 15) is 4.79 Å². The van der Waals surface area contributed by atoms with Crippen molar-refractivity contribution in [3.8, 4) is 5.75 Å². The van der Waals surface area contributed by atoms with Gasteiger partial charge in [0.05, 0.1) is 0 Å². The number of carbonyl (C=O) groups excluding carboxylic acids is 1. The second-order valence-corrected chi connectivity index (χ2v) is 5.28. The predicted octanol–water partition coefficient (Wildman–Crippen LogP) is 3.39. The molecule has 0 aliphatic rings. The summed E-state index contributed by atoms with van der Waals surface area (Å²) in [5.41, 5.74) is 3.39. The molecule has 0 heterocycles. The monoisotopic (exact) mass is 283 g/mol. The van der Waals surface area contributed by atoms with E-state index < -0.39 is 6.10 Å². The minimum Gasteiger partial charge on any atom is -0.481 e. The molecule has 2 aromatic carbocycles. The van der Waals surface area contributed by atoms with Crippen LogP contribution in [-0.2, 0) is 11.3 Å². The Balaban J connectivity index is 1.88. The number of hydrogen-bond acceptors (Lipinski definition) is 2. The van der Waals surface area contributed by atoms with E-state index in [-0.39, 0.29) is 5.91 Å². The van der Waals surface area contributed by atoms with Crippen LogP contribution in [0.2, 0.25) is 0 Å². The first-order valence-electron chi connectivity index (χ1n) is 7.11. The van der Waals surface area contributed by atoms with Crippen LogP contribution in [-0.4, -0.2) is 12.0 Å². The fraction of sp³-hybridized carbons (Fsp3) is 0.278. The number of ether oxygens (including phenoxy) is 1. The summed E-state index contributed by atoms with van der Waals surface area (Å²) in [6.45, 7) is 6.31. The molecule has 3 heteroatoms. The van der Waals surface area contributed by atoms with Crippen molar-refractivity contribution in [2.45, 2.75) is 33.4 Å². The van der Waals surface area contributed by atoms with Crippen LogP contribution >= 0.6 is 0 Å². The zero-order valence-electron chi connectivity index (χ0n) is 12.7. The fourth-order valence-electron chi connectivity index (χ4n) is 2.10. The van der Waals surface area contributed by atoms with Crippen LogP contribution in [0.15, 0.2) is 48.5 Å². The molecule has 0 aromatic heterocycles. The summed E-state index contributed by atoms with van der Waals surface area (Å²) >= 11 is 0. The van der Waals surface area contributed by atoms with E-state index in [0.717, 1.165) is 11.1 Å². The second-order valence-electron chi connectivity index (χ2n) is 5.28. The largest absolute Gasteiger partial charge is 0.481 e. The van der Waals surface area contributed by atoms with Gasteiger partial charge in [0.15, 0.2) is 6.10 Å². The molecule has 21 heavy (non-hydrogen) atoms. The highest BCUT2D eigenvalue weighted by atomic mass is 16.5. The number of aryl methyl sites for hydroxylation is 2. The van der Waals surface area contributed by atoms with Crippen LogP contribution in [0.1, 0.15) is 23.6 Å². The zero-order valence-corrected chi connectivity index (χ0v) is 12.7. The molecule has 1 amide bonds. The van der Waals surface area contributed by atoms with Crippen molar-refractivity contribution in [3.63, 3.8) is 0 Å². The SMILES string of the molecule is Cc1cccc(CNC(=O)C(C)Oc2cccc(C)c2)c1. The quantitative estimate of drug-likeness (QED) is 0.913. The van der Waals surface area contributed by atoms with Crippen molar-refractivity contribution < 1.29 is 9.53 Å². The molecule has 0 bridgehead atoms. The molecule has 1 unspecified atom stereocenters. The summed E-state index contributed by atoms with van der Waals surface area (Å²) in [6, 6.07) is 15.8. The van der Waals surface area contributed by atoms with Gasteiger partial charge in [0.25, 0.3) is 5.91 Å². The average molecular weight is 283 g/mol. The van der Waals surface area contributed by atoms with Gasteiger partial charge in [-0.1, -0.05) is 42.0 Å². The Labute approximate surface area is 126 Å². The summed E-state index contributed by atoms with van der Waals surface area (Å²) < 4.78 is 5.66. The third-order valence-electron chi connectivity index (χ3n) is 3.22. The van der Waals surface area contributed by atoms with Crippen LogP contribution < -0.4 is 10.1 Å². The molecule has 110 valence electrons. The summed E-state index contributed by atoms with van der Waals surface area (Å²) in [5.74, 6) is 0.603. The van der Waals surface area contributed by atoms with Crippen LogP contribution in [0.25, 0.3) is 0 Å². The summed E-state index contributed by atoms with van der Waals surface area (Å²) in [4.78, 5) is 12.1. The smallest absolute Gasteiger partial charge is 0.261 e. The molecule has 1 atom stereocenters. The van der Waals surface area contributed by atoms with Crippen molar-refractivity contribution in [1.82, 2.24) is 5.32 Å². The molecule has 0 radical (unpaired) electrons. The number of benzene rings is 2. The molecule has 0 aliphatic carbocycles. The number of hydrogen-bond donors (Lipinski definition) is 1. The van der Waals surface area contributed by atoms with Gasteiger partial charge in [-0.15, -0.1) is 0 Å². The van der Waals surface area contributed by atoms with E-state index in [2.05, 4.69) is 11.4 Å². The Morgan fingerprint density at radius 2 is 1.76 bits per heavy atom. The van der Waals surface area contributed by atoms with Crippen molar-refractivity contribution >= 4 is 5.91 Å². The van der Waals surface area contributed by atoms with E-state index in [1.807, 2.05) is 56.3 Å². The Kier molecular flexibility index (Phi) is 4.99. The van der Waals surface area contributed by atoms with Gasteiger partial charge in [-0.2, -0.15) is 0 Å². The lowest BCUT2D eigenvalue weighted by Gasteiger charge is -2.15. The van der Waals surface area contributed by atoms with Crippen molar-refractivity contribution in [2.24, 2.45) is 0 Å². The number of carbonyl (C=O) groups is 1. The number of amides is 1. The van der Waals surface area contributed by atoms with Gasteiger partial charge in [-0.25, -0.2) is 0 Å². The molecule has 3 nitrogen and oxygen atoms in total. The van der Waals surface area contributed by atoms with E-state index >= 15 is 0 Å². The van der Waals surface area contributed by atoms with Crippen LogP contribution in [0.5, 0.6) is 5.75 Å². The lowest BCUT2D eigenvalue weighted by Crippen LogP contribution is -2.35. The number of rotatable bonds is 5. The summed E-state index contributed by atoms with van der Waals surface area (Å²) in [6.07, 6.45) is -0.517. The van der Waals surface area contributed by atoms with Crippen molar-refractivity contribution in [1.29, 1.82) is 0 Å². The molecule has 0 spiro atoms. The lowest BCUT2D eigenvalue weighted by atomic mass is 10.1. The molecule has 0 saturated heterocycles. The van der Waals surface area contributed by atoms with Crippen LogP contribution in [0.4, 0.5) is 0 Å². The second kappa shape index (κ2) is 6.93. The van der Waals surface area contributed by atoms with Gasteiger partial charge < -0.3 is 10.1 Å². The van der Waals surface area contributed by atoms with Gasteiger partial charge in [0.1, 0.15) is 5.75 Å². The molecule has 2 rings (SSSR count). The standard InChI is InChI=1S/C18H21NO2/c1-13-6-4-8-16(10-13)12-19-18(20)15(3)21-17-9-5-7-14(2)11-17/h4-11,15H,12H2,1-3H3,(H,19,20). The Morgan fingerprint density at radius 3 is 2.43 bits per heavy atom. The third-order valence-corrected chi connectivity index (χ3v) is 3.22. The molecular formula is C18H21NO2. The first kappa shape index (κ1) is 15.1. The van der Waals surface area contributed by atoms with E-state index in [1.165, 1.54) is 5.56 Å². The maximum absolute atomic E-state index is 12.1. The molecule has 1 N–H and O–H groups in total. The first-order chi connectivity index (χ1) is 10.0. The summed E-state index contributed by atoms with van der Waals surface area (Å²) in [7, 11) is 0. The predicted molar refractivity (Wildman–Crippen MR) is 84.3 cm³/mol. The van der Waals surface area contributed by atoms with E-state index in [0.29, 0.717) is 12.3 Å².